The number of carboxylic acid groups (broad SMARTS) is 4. The number of rotatable bonds is 56. The number of carbonyl (C=O) groups is 18. The number of hydrogen-bond acceptors (Lipinski definition) is 24. The summed E-state index contributed by atoms with van der Waals surface area (Å²) in [5.74, 6) is -21.5. The van der Waals surface area contributed by atoms with Gasteiger partial charge in [-0.1, -0.05) is 92.1 Å². The Bertz CT molecular complexity index is 3670. The largest absolute Gasteiger partial charge is 0.481 e. The first-order valence-electron chi connectivity index (χ1n) is 41.3. The first-order chi connectivity index (χ1) is 57.0. The Hall–Kier alpha value is -10.2. The molecule has 42 heteroatoms. The molecule has 17 atom stereocenters. The predicted octanol–water partition coefficient (Wildman–Crippen LogP) is -3.61. The van der Waals surface area contributed by atoms with Gasteiger partial charge in [0, 0.05) is 38.1 Å². The van der Waals surface area contributed by atoms with E-state index in [0.717, 1.165) is 11.8 Å². The van der Waals surface area contributed by atoms with Crippen LogP contribution in [-0.4, -0.2) is 282 Å². The lowest BCUT2D eigenvalue weighted by Gasteiger charge is -2.32. The molecule has 0 unspecified atom stereocenters. The number of benzene rings is 1. The van der Waals surface area contributed by atoms with E-state index < -0.39 is 254 Å². The van der Waals surface area contributed by atoms with Gasteiger partial charge in [0.2, 0.25) is 82.7 Å². The quantitative estimate of drug-likeness (QED) is 0.0221. The Labute approximate surface area is 709 Å². The maximum Gasteiger partial charge on any atom is 0.326 e. The van der Waals surface area contributed by atoms with Crippen LogP contribution in [0.2, 0.25) is 0 Å². The molecule has 0 spiro atoms. The van der Waals surface area contributed by atoms with Gasteiger partial charge in [0.1, 0.15) is 90.6 Å². The van der Waals surface area contributed by atoms with E-state index in [2.05, 4.69) is 76.4 Å². The van der Waals surface area contributed by atoms with Crippen molar-refractivity contribution in [3.8, 4) is 0 Å². The average molecular weight is 1730 g/mol. The van der Waals surface area contributed by atoms with Crippen molar-refractivity contribution in [3.63, 3.8) is 0 Å². The minimum Gasteiger partial charge on any atom is -0.481 e. The molecule has 41 nitrogen and oxygen atoms in total. The minimum absolute atomic E-state index is 0.0101. The number of unbranched alkanes of at least 4 members (excludes halogenated alkanes) is 2. The molecule has 0 aliphatic carbocycles. The molecule has 3 rings (SSSR count). The monoisotopic (exact) mass is 1730 g/mol. The van der Waals surface area contributed by atoms with Crippen molar-refractivity contribution in [1.82, 2.24) is 73.6 Å². The Morgan fingerprint density at radius 3 is 1.24 bits per heavy atom. The van der Waals surface area contributed by atoms with E-state index in [1.165, 1.54) is 11.8 Å². The number of aliphatic hydroxyl groups excluding tert-OH is 2. The average Bonchev–Trinajstić information content (AvgIpc) is 1.68. The molecule has 2 aliphatic rings. The molecular weight excluding hydrogens is 1600 g/mol. The van der Waals surface area contributed by atoms with Gasteiger partial charge >= 0.3 is 23.9 Å². The van der Waals surface area contributed by atoms with E-state index in [4.69, 9.17) is 17.2 Å². The van der Waals surface area contributed by atoms with Crippen molar-refractivity contribution >= 4 is 119 Å². The smallest absolute Gasteiger partial charge is 0.326 e. The van der Waals surface area contributed by atoms with Gasteiger partial charge in [0.15, 0.2) is 0 Å². The molecule has 1 aromatic carbocycles. The third-order valence-electron chi connectivity index (χ3n) is 20.5. The van der Waals surface area contributed by atoms with Crippen LogP contribution in [0.15, 0.2) is 30.3 Å². The number of nitrogens with zero attached hydrogens (tertiary/aromatic N) is 2. The van der Waals surface area contributed by atoms with Crippen LogP contribution < -0.4 is 81.0 Å². The molecule has 14 amide bonds. The molecule has 2 heterocycles. The SMILES string of the molecule is CC[C@H](C)[C@H](NC(=O)[C@@H](NC(=O)[C@H](CCC(=O)O)NC(=O)[C@H](CCC(=O)O)NC(=O)[C@H](CCCCN)NC(=O)[C@H](CS)NC(=O)[C@@H](N)CO)[C@@H](C)O)C(=O)N[C@@H](CC(C)C)C(=O)N[C@@H](CC(=O)O)C(=O)N1CCC[C@H]1C(=O)N[C@@H](Cc1ccccc1)C(=O)N[C@@H](CC(C)C)C(=O)N[C@@H](CCCCN)C(=O)N[C@@H](CC(C)C)C(=O)N1CCC[C@H]1C(=O)O. The second kappa shape index (κ2) is 53.6. The topological polar surface area (TPSA) is 658 Å². The summed E-state index contributed by atoms with van der Waals surface area (Å²) in [7, 11) is 0. The zero-order valence-electron chi connectivity index (χ0n) is 70.4. The summed E-state index contributed by atoms with van der Waals surface area (Å²) in [6.07, 6.45) is -3.88. The summed E-state index contributed by atoms with van der Waals surface area (Å²) in [5, 5.41) is 90.1. The third kappa shape index (κ3) is 36.2. The molecule has 2 saturated heterocycles. The molecule has 0 bridgehead atoms. The number of nitrogens with two attached hydrogens (primary N) is 3. The van der Waals surface area contributed by atoms with Gasteiger partial charge in [0.05, 0.1) is 19.1 Å². The van der Waals surface area contributed by atoms with E-state index >= 15 is 0 Å². The lowest BCUT2D eigenvalue weighted by atomic mass is 9.96. The number of amides is 14. The van der Waals surface area contributed by atoms with Gasteiger partial charge in [-0.3, -0.25) is 81.5 Å². The molecule has 2 aliphatic heterocycles. The lowest BCUT2D eigenvalue weighted by molar-refractivity contribution is -0.149. The number of likely N-dealkylation sites (tertiary alicyclic amines) is 2. The van der Waals surface area contributed by atoms with Crippen molar-refractivity contribution in [2.24, 2.45) is 40.9 Å². The predicted molar refractivity (Wildman–Crippen MR) is 441 cm³/mol. The highest BCUT2D eigenvalue weighted by atomic mass is 32.1. The van der Waals surface area contributed by atoms with Crippen LogP contribution in [0.1, 0.15) is 190 Å². The summed E-state index contributed by atoms with van der Waals surface area (Å²) >= 11 is 4.09. The molecule has 0 radical (unpaired) electrons. The maximum absolute atomic E-state index is 14.8. The first-order valence-corrected chi connectivity index (χ1v) is 41.9. The van der Waals surface area contributed by atoms with Gasteiger partial charge in [0.25, 0.3) is 0 Å². The fourth-order valence-electron chi connectivity index (χ4n) is 13.7. The first kappa shape index (κ1) is 105. The minimum atomic E-state index is -2.02. The second-order valence-corrected chi connectivity index (χ2v) is 32.4. The van der Waals surface area contributed by atoms with Crippen molar-refractivity contribution in [3.05, 3.63) is 35.9 Å². The van der Waals surface area contributed by atoms with Gasteiger partial charge in [-0.15, -0.1) is 0 Å². The van der Waals surface area contributed by atoms with Gasteiger partial charge in [-0.2, -0.15) is 12.6 Å². The highest BCUT2D eigenvalue weighted by Gasteiger charge is 2.44. The van der Waals surface area contributed by atoms with Crippen LogP contribution >= 0.6 is 12.6 Å². The number of hydrogen-bond donors (Lipinski definition) is 22. The van der Waals surface area contributed by atoms with E-state index in [-0.39, 0.29) is 114 Å². The van der Waals surface area contributed by atoms with E-state index in [0.29, 0.717) is 31.2 Å². The molecule has 0 aromatic heterocycles. The zero-order valence-corrected chi connectivity index (χ0v) is 71.3. The Morgan fingerprint density at radius 1 is 0.438 bits per heavy atom. The summed E-state index contributed by atoms with van der Waals surface area (Å²) in [6, 6.07) is -14.5. The van der Waals surface area contributed by atoms with Crippen LogP contribution in [0, 0.1) is 23.7 Å². The Morgan fingerprint density at radius 2 is 0.810 bits per heavy atom. The standard InChI is InChI=1S/C79H129N17O24S/c1-10-44(8)63(93-76(116)64(45(9)98)94-69(109)51(27-29-61(101)102)86-68(108)50(26-28-60(99)100)85-66(106)48(22-14-16-30-80)84-73(113)57(40-121)92-65(105)47(82)39-97)75(115)89-53(35-42(4)5)71(111)91-56(38-62(103)104)78(118)95-32-18-24-58(95)74(114)88-54(37-46-20-12-11-13-21-46)72(112)87-52(34-41(2)3)70(110)83-49(23-15-17-31-81)67(107)90-55(36-43(6)7)77(117)96-33-19-25-59(96)79(119)120/h11-13,20-21,41-45,47-59,63-64,97-98,121H,10,14-19,22-40,80-82H2,1-9H3,(H,83,110)(H,84,113)(H,85,106)(H,86,108)(H,87,112)(H,88,114)(H,89,115)(H,90,107)(H,91,111)(H,92,105)(H,93,116)(H,94,109)(H,99,100)(H,101,102)(H,103,104)(H,119,120)/t44-,45+,47-,48-,49-,50-,51-,52-,53-,54-,55-,56-,57-,58-,59-,63-,64-/m0/s1. The highest BCUT2D eigenvalue weighted by Crippen LogP contribution is 2.24. The van der Waals surface area contributed by atoms with Crippen LogP contribution in [0.3, 0.4) is 0 Å². The summed E-state index contributed by atoms with van der Waals surface area (Å²) in [4.78, 5) is 250. The molecule has 680 valence electrons. The fraction of sp³-hybridized carbons (Fsp3) is 0.696. The number of thiol groups is 1. The van der Waals surface area contributed by atoms with Gasteiger partial charge in [-0.05, 0) is 146 Å². The Kier molecular flexibility index (Phi) is 46.5. The van der Waals surface area contributed by atoms with Gasteiger partial charge < -0.3 is 121 Å². The summed E-state index contributed by atoms with van der Waals surface area (Å²) < 4.78 is 0. The third-order valence-corrected chi connectivity index (χ3v) is 20.9. The number of carboxylic acids is 4. The van der Waals surface area contributed by atoms with E-state index in [9.17, 15) is 117 Å². The molecular formula is C79H129N17O24S. The van der Waals surface area contributed by atoms with E-state index in [1.54, 1.807) is 65.0 Å². The van der Waals surface area contributed by atoms with Crippen molar-refractivity contribution in [2.75, 3.05) is 38.5 Å². The maximum atomic E-state index is 14.8. The van der Waals surface area contributed by atoms with Crippen LogP contribution in [0.5, 0.6) is 0 Å². The highest BCUT2D eigenvalue weighted by molar-refractivity contribution is 7.80. The van der Waals surface area contributed by atoms with Crippen molar-refractivity contribution < 1.29 is 117 Å². The van der Waals surface area contributed by atoms with Crippen LogP contribution in [0.4, 0.5) is 0 Å². The molecule has 0 saturated carbocycles. The van der Waals surface area contributed by atoms with Gasteiger partial charge in [-0.25, -0.2) is 4.79 Å². The lowest BCUT2D eigenvalue weighted by Crippen LogP contribution is -2.63. The van der Waals surface area contributed by atoms with Crippen molar-refractivity contribution in [1.29, 1.82) is 0 Å². The number of nitrogens with one attached hydrogen (secondary N) is 12. The summed E-state index contributed by atoms with van der Waals surface area (Å²) in [5.41, 5.74) is 17.6. The normalized spacial score (nSPS) is 17.6. The fourth-order valence-corrected chi connectivity index (χ4v) is 14.0. The number of aliphatic carboxylic acids is 4. The number of aliphatic hydroxyl groups is 2. The Balaban J connectivity index is 1.95. The van der Waals surface area contributed by atoms with Crippen LogP contribution in [0.25, 0.3) is 0 Å². The molecule has 1 aromatic rings. The molecule has 2 fully saturated rings. The van der Waals surface area contributed by atoms with Crippen molar-refractivity contribution in [2.45, 2.75) is 287 Å². The summed E-state index contributed by atoms with van der Waals surface area (Å²) in [6.45, 7) is 14.4. The molecule has 121 heavy (non-hydrogen) atoms. The van der Waals surface area contributed by atoms with E-state index in [1.807, 2.05) is 13.8 Å². The zero-order chi connectivity index (χ0) is 91.1. The van der Waals surface area contributed by atoms with Crippen LogP contribution in [-0.2, 0) is 92.7 Å². The second-order valence-electron chi connectivity index (χ2n) is 32.0. The molecule has 24 N–H and O–H groups in total. The number of carbonyl (C=O) groups excluding carboxylic acids is 14.